The average molecular weight is 464 g/mol. The first kappa shape index (κ1) is 14.7. The van der Waals surface area contributed by atoms with E-state index in [9.17, 15) is 4.79 Å². The first-order chi connectivity index (χ1) is 7.54. The Morgan fingerprint density at radius 1 is 1.56 bits per heavy atom. The Bertz CT molecular complexity index is 363. The van der Waals surface area contributed by atoms with Gasteiger partial charge in [0.1, 0.15) is 0 Å². The minimum atomic E-state index is -0.690. The molecule has 5 heteroatoms. The molecule has 0 spiro atoms. The maximum atomic E-state index is 10.5. The fraction of sp³-hybridized carbons (Fsp3) is 0.545. The molecule has 0 amide bonds. The maximum Gasteiger partial charge on any atom is 0.303 e. The van der Waals surface area contributed by atoms with Crippen LogP contribution in [0.2, 0.25) is 0 Å². The summed E-state index contributed by atoms with van der Waals surface area (Å²) in [6, 6.07) is 2.24. The lowest BCUT2D eigenvalue weighted by Crippen LogP contribution is -2.00. The van der Waals surface area contributed by atoms with Crippen LogP contribution >= 0.6 is 56.5 Å². The standard InChI is InChI=1S/C11H14I2O2S/c1-2-7(4-3-5-10(14)15)8-6-9(12)16-11(8)13/h6-7H,2-5H2,1H3,(H,14,15). The van der Waals surface area contributed by atoms with Crippen molar-refractivity contribution >= 4 is 62.5 Å². The van der Waals surface area contributed by atoms with E-state index in [4.69, 9.17) is 5.11 Å². The molecule has 0 radical (unpaired) electrons. The van der Waals surface area contributed by atoms with Crippen LogP contribution in [0.25, 0.3) is 0 Å². The summed E-state index contributed by atoms with van der Waals surface area (Å²) in [6.07, 6.45) is 3.12. The second kappa shape index (κ2) is 7.15. The fourth-order valence-electron chi connectivity index (χ4n) is 1.71. The van der Waals surface area contributed by atoms with E-state index in [-0.39, 0.29) is 6.42 Å². The maximum absolute atomic E-state index is 10.5. The van der Waals surface area contributed by atoms with Crippen LogP contribution in [-0.2, 0) is 4.79 Å². The summed E-state index contributed by atoms with van der Waals surface area (Å²) in [5.74, 6) is -0.171. The van der Waals surface area contributed by atoms with E-state index >= 15 is 0 Å². The van der Waals surface area contributed by atoms with Gasteiger partial charge in [-0.15, -0.1) is 11.3 Å². The van der Waals surface area contributed by atoms with E-state index in [0.717, 1.165) is 19.3 Å². The SMILES string of the molecule is CCC(CCCC(=O)O)c1cc(I)sc1I. The van der Waals surface area contributed by atoms with Crippen molar-refractivity contribution in [2.75, 3.05) is 0 Å². The predicted molar refractivity (Wildman–Crippen MR) is 84.3 cm³/mol. The van der Waals surface area contributed by atoms with Crippen LogP contribution in [0.5, 0.6) is 0 Å². The molecule has 1 rings (SSSR count). The molecule has 1 unspecified atom stereocenters. The third kappa shape index (κ3) is 4.48. The van der Waals surface area contributed by atoms with Gasteiger partial charge in [0.15, 0.2) is 0 Å². The van der Waals surface area contributed by atoms with Crippen molar-refractivity contribution in [2.45, 2.75) is 38.5 Å². The molecule has 0 fully saturated rings. The van der Waals surface area contributed by atoms with Gasteiger partial charge in [-0.3, -0.25) is 4.79 Å². The van der Waals surface area contributed by atoms with Crippen LogP contribution in [0.15, 0.2) is 6.07 Å². The monoisotopic (exact) mass is 464 g/mol. The molecular weight excluding hydrogens is 450 g/mol. The van der Waals surface area contributed by atoms with Crippen molar-refractivity contribution in [1.29, 1.82) is 0 Å². The van der Waals surface area contributed by atoms with Gasteiger partial charge in [-0.2, -0.15) is 0 Å². The van der Waals surface area contributed by atoms with E-state index in [0.29, 0.717) is 5.92 Å². The molecule has 0 aromatic carbocycles. The van der Waals surface area contributed by atoms with Crippen molar-refractivity contribution in [3.8, 4) is 0 Å². The number of carboxylic acid groups (broad SMARTS) is 1. The zero-order valence-electron chi connectivity index (χ0n) is 9.00. The number of hydrogen-bond acceptors (Lipinski definition) is 2. The van der Waals surface area contributed by atoms with Gasteiger partial charge >= 0.3 is 5.97 Å². The van der Waals surface area contributed by atoms with Gasteiger partial charge in [0, 0.05) is 6.42 Å². The number of halogens is 2. The molecule has 1 aromatic heterocycles. The lowest BCUT2D eigenvalue weighted by molar-refractivity contribution is -0.137. The Morgan fingerprint density at radius 2 is 2.25 bits per heavy atom. The molecule has 1 heterocycles. The molecule has 0 aliphatic heterocycles. The number of carbonyl (C=O) groups is 1. The molecule has 0 saturated heterocycles. The first-order valence-corrected chi connectivity index (χ1v) is 8.18. The van der Waals surface area contributed by atoms with Gasteiger partial charge in [0.2, 0.25) is 0 Å². The quantitative estimate of drug-likeness (QED) is 0.620. The minimum absolute atomic E-state index is 0.286. The normalized spacial score (nSPS) is 12.7. The summed E-state index contributed by atoms with van der Waals surface area (Å²) in [5, 5.41) is 8.63. The molecular formula is C11H14I2O2S. The first-order valence-electron chi connectivity index (χ1n) is 5.21. The summed E-state index contributed by atoms with van der Waals surface area (Å²) >= 11 is 6.54. The lowest BCUT2D eigenvalue weighted by atomic mass is 9.93. The van der Waals surface area contributed by atoms with Crippen LogP contribution in [0.4, 0.5) is 0 Å². The molecule has 1 N–H and O–H groups in total. The summed E-state index contributed by atoms with van der Waals surface area (Å²) < 4.78 is 2.66. The molecule has 1 atom stereocenters. The highest BCUT2D eigenvalue weighted by Gasteiger charge is 2.15. The molecule has 0 aliphatic rings. The van der Waals surface area contributed by atoms with Gasteiger partial charge in [-0.1, -0.05) is 6.92 Å². The third-order valence-electron chi connectivity index (χ3n) is 2.56. The topological polar surface area (TPSA) is 37.3 Å². The van der Waals surface area contributed by atoms with Crippen LogP contribution in [0, 0.1) is 5.77 Å². The second-order valence-electron chi connectivity index (χ2n) is 3.67. The summed E-state index contributed by atoms with van der Waals surface area (Å²) in [7, 11) is 0. The Hall–Kier alpha value is 0.630. The number of rotatable bonds is 6. The highest BCUT2D eigenvalue weighted by atomic mass is 127. The van der Waals surface area contributed by atoms with Crippen molar-refractivity contribution < 1.29 is 9.90 Å². The largest absolute Gasteiger partial charge is 0.481 e. The zero-order valence-corrected chi connectivity index (χ0v) is 14.1. The van der Waals surface area contributed by atoms with Gasteiger partial charge in [0.05, 0.1) is 5.77 Å². The summed E-state index contributed by atoms with van der Waals surface area (Å²) in [4.78, 5) is 10.5. The Labute approximate surface area is 127 Å². The van der Waals surface area contributed by atoms with E-state index in [2.05, 4.69) is 58.2 Å². The smallest absolute Gasteiger partial charge is 0.303 e. The highest BCUT2D eigenvalue weighted by molar-refractivity contribution is 14.1. The molecule has 16 heavy (non-hydrogen) atoms. The minimum Gasteiger partial charge on any atom is -0.481 e. The molecule has 90 valence electrons. The fourth-order valence-corrected chi connectivity index (χ4v) is 5.98. The van der Waals surface area contributed by atoms with Crippen molar-refractivity contribution in [1.82, 2.24) is 0 Å². The summed E-state index contributed by atoms with van der Waals surface area (Å²) in [6.45, 7) is 2.17. The van der Waals surface area contributed by atoms with E-state index in [1.54, 1.807) is 0 Å². The number of carboxylic acids is 1. The second-order valence-corrected chi connectivity index (χ2v) is 8.43. The van der Waals surface area contributed by atoms with Crippen LogP contribution < -0.4 is 0 Å². The van der Waals surface area contributed by atoms with Crippen molar-refractivity contribution in [3.63, 3.8) is 0 Å². The molecule has 1 aromatic rings. The van der Waals surface area contributed by atoms with Gasteiger partial charge < -0.3 is 5.11 Å². The highest BCUT2D eigenvalue weighted by Crippen LogP contribution is 2.35. The number of hydrogen-bond donors (Lipinski definition) is 1. The predicted octanol–water partition coefficient (Wildman–Crippen LogP) is 4.71. The van der Waals surface area contributed by atoms with E-state index < -0.39 is 5.97 Å². The number of thiophene rings is 1. The van der Waals surface area contributed by atoms with Crippen LogP contribution in [0.3, 0.4) is 0 Å². The van der Waals surface area contributed by atoms with Gasteiger partial charge in [-0.05, 0) is 82.0 Å². The molecule has 2 nitrogen and oxygen atoms in total. The van der Waals surface area contributed by atoms with Gasteiger partial charge in [0.25, 0.3) is 0 Å². The third-order valence-corrected chi connectivity index (χ3v) is 5.54. The lowest BCUT2D eigenvalue weighted by Gasteiger charge is -2.13. The number of aliphatic carboxylic acids is 1. The van der Waals surface area contributed by atoms with E-state index in [1.807, 2.05) is 11.3 Å². The van der Waals surface area contributed by atoms with Crippen LogP contribution in [0.1, 0.15) is 44.1 Å². The molecule has 0 aliphatic carbocycles. The Balaban J connectivity index is 2.60. The zero-order chi connectivity index (χ0) is 12.1. The van der Waals surface area contributed by atoms with E-state index in [1.165, 1.54) is 11.3 Å². The summed E-state index contributed by atoms with van der Waals surface area (Å²) in [5.41, 5.74) is 1.41. The molecule has 0 bridgehead atoms. The van der Waals surface area contributed by atoms with Crippen LogP contribution in [-0.4, -0.2) is 11.1 Å². The molecule has 0 saturated carbocycles. The van der Waals surface area contributed by atoms with Crippen molar-refractivity contribution in [3.05, 3.63) is 17.4 Å². The average Bonchev–Trinajstić information content (AvgIpc) is 2.52. The Kier molecular flexibility index (Phi) is 6.57. The van der Waals surface area contributed by atoms with Crippen molar-refractivity contribution in [2.24, 2.45) is 0 Å². The van der Waals surface area contributed by atoms with Gasteiger partial charge in [-0.25, -0.2) is 0 Å². The Morgan fingerprint density at radius 3 is 2.69 bits per heavy atom.